The molecule has 1 heterocycles. The van der Waals surface area contributed by atoms with Crippen LogP contribution in [-0.4, -0.2) is 47.1 Å². The summed E-state index contributed by atoms with van der Waals surface area (Å²) < 4.78 is 13.4. The van der Waals surface area contributed by atoms with Gasteiger partial charge in [-0.1, -0.05) is 12.1 Å². The topological polar surface area (TPSA) is 85.6 Å². The van der Waals surface area contributed by atoms with Crippen LogP contribution in [0.4, 0.5) is 0 Å². The number of methoxy groups -OCH3 is 1. The van der Waals surface area contributed by atoms with Crippen LogP contribution in [0.5, 0.6) is 5.75 Å². The normalized spacial score (nSPS) is 14.9. The van der Waals surface area contributed by atoms with Gasteiger partial charge in [-0.05, 0) is 51.2 Å². The lowest BCUT2D eigenvalue weighted by atomic mass is 10.1. The molecular weight excluding hydrogens is 380 g/mol. The number of hydrogen-bond donors (Lipinski definition) is 2. The van der Waals surface area contributed by atoms with Gasteiger partial charge in [0.1, 0.15) is 11.6 Å². The Morgan fingerprint density at radius 1 is 1.20 bits per heavy atom. The fourth-order valence-electron chi connectivity index (χ4n) is 3.47. The average molecular weight is 415 g/mol. The number of aromatic nitrogens is 3. The monoisotopic (exact) mass is 414 g/mol. The van der Waals surface area contributed by atoms with E-state index in [1.807, 2.05) is 18.5 Å². The third-order valence-electron chi connectivity index (χ3n) is 5.42. The molecule has 8 heteroatoms. The van der Waals surface area contributed by atoms with Crippen LogP contribution in [0.25, 0.3) is 0 Å². The highest BCUT2D eigenvalue weighted by Crippen LogP contribution is 2.28. The van der Waals surface area contributed by atoms with Gasteiger partial charge in [0.2, 0.25) is 0 Å². The standard InChI is InChI=1S/C22H34N6O2/c1-16-9-10-18(20(13-16)30-19-7-5-6-8-19)14-24-22(23-11-12-29-4)25-15-21-27-26-17(2)28(21)3/h9-10,13,19H,5-8,11-12,14-15H2,1-4H3,(H2,23,24,25). The summed E-state index contributed by atoms with van der Waals surface area (Å²) in [5, 5.41) is 15.0. The van der Waals surface area contributed by atoms with E-state index in [0.29, 0.717) is 38.3 Å². The second kappa shape index (κ2) is 11.0. The minimum Gasteiger partial charge on any atom is -0.490 e. The Morgan fingerprint density at radius 2 is 2.00 bits per heavy atom. The summed E-state index contributed by atoms with van der Waals surface area (Å²) in [4.78, 5) is 4.78. The van der Waals surface area contributed by atoms with E-state index in [0.717, 1.165) is 35.8 Å². The van der Waals surface area contributed by atoms with Crippen LogP contribution in [0.1, 0.15) is 48.5 Å². The lowest BCUT2D eigenvalue weighted by Gasteiger charge is -2.17. The Balaban J connectivity index is 1.69. The van der Waals surface area contributed by atoms with Gasteiger partial charge in [-0.25, -0.2) is 4.99 Å². The quantitative estimate of drug-likeness (QED) is 0.373. The Kier molecular flexibility index (Phi) is 8.07. The lowest BCUT2D eigenvalue weighted by molar-refractivity contribution is 0.203. The van der Waals surface area contributed by atoms with E-state index in [2.05, 4.69) is 46.0 Å². The third kappa shape index (κ3) is 6.19. The molecule has 0 atom stereocenters. The molecule has 2 N–H and O–H groups in total. The molecule has 0 amide bonds. The molecule has 3 rings (SSSR count). The summed E-state index contributed by atoms with van der Waals surface area (Å²) in [5.41, 5.74) is 2.29. The lowest BCUT2D eigenvalue weighted by Crippen LogP contribution is -2.39. The number of nitrogens with zero attached hydrogens (tertiary/aromatic N) is 4. The number of guanidine groups is 1. The number of benzene rings is 1. The maximum Gasteiger partial charge on any atom is 0.192 e. The van der Waals surface area contributed by atoms with Gasteiger partial charge in [-0.15, -0.1) is 10.2 Å². The van der Waals surface area contributed by atoms with Crippen LogP contribution >= 0.6 is 0 Å². The Morgan fingerprint density at radius 3 is 2.70 bits per heavy atom. The van der Waals surface area contributed by atoms with Crippen LogP contribution in [0, 0.1) is 13.8 Å². The van der Waals surface area contributed by atoms with Crippen LogP contribution < -0.4 is 15.4 Å². The van der Waals surface area contributed by atoms with E-state index in [1.54, 1.807) is 7.11 Å². The fourth-order valence-corrected chi connectivity index (χ4v) is 3.47. The summed E-state index contributed by atoms with van der Waals surface area (Å²) >= 11 is 0. The fraction of sp³-hybridized carbons (Fsp3) is 0.591. The van der Waals surface area contributed by atoms with E-state index >= 15 is 0 Å². The van der Waals surface area contributed by atoms with E-state index in [4.69, 9.17) is 14.5 Å². The molecule has 1 fully saturated rings. The number of nitrogens with one attached hydrogen (secondary N) is 2. The van der Waals surface area contributed by atoms with Gasteiger partial charge in [-0.2, -0.15) is 0 Å². The van der Waals surface area contributed by atoms with Crippen LogP contribution in [0.3, 0.4) is 0 Å². The maximum atomic E-state index is 6.31. The summed E-state index contributed by atoms with van der Waals surface area (Å²) in [6.07, 6.45) is 5.11. The molecule has 8 nitrogen and oxygen atoms in total. The molecule has 0 bridgehead atoms. The van der Waals surface area contributed by atoms with Crippen molar-refractivity contribution in [3.05, 3.63) is 41.0 Å². The van der Waals surface area contributed by atoms with Gasteiger partial charge in [0.05, 0.1) is 25.8 Å². The van der Waals surface area contributed by atoms with Gasteiger partial charge in [-0.3, -0.25) is 0 Å². The van der Waals surface area contributed by atoms with Crippen molar-refractivity contribution in [2.24, 2.45) is 12.0 Å². The van der Waals surface area contributed by atoms with Crippen molar-refractivity contribution >= 4 is 5.96 Å². The number of rotatable bonds is 9. The van der Waals surface area contributed by atoms with E-state index in [-0.39, 0.29) is 0 Å². The molecule has 1 aliphatic carbocycles. The molecule has 0 aliphatic heterocycles. The van der Waals surface area contributed by atoms with E-state index in [1.165, 1.54) is 18.4 Å². The second-order valence-electron chi connectivity index (χ2n) is 7.80. The second-order valence-corrected chi connectivity index (χ2v) is 7.80. The Hall–Kier alpha value is -2.61. The molecule has 0 saturated heterocycles. The van der Waals surface area contributed by atoms with E-state index in [9.17, 15) is 0 Å². The molecule has 0 unspecified atom stereocenters. The van der Waals surface area contributed by atoms with Crippen LogP contribution in [0.2, 0.25) is 0 Å². The van der Waals surface area contributed by atoms with Crippen molar-refractivity contribution in [3.8, 4) is 5.75 Å². The minimum atomic E-state index is 0.325. The first-order valence-corrected chi connectivity index (χ1v) is 10.7. The largest absolute Gasteiger partial charge is 0.490 e. The smallest absolute Gasteiger partial charge is 0.192 e. The molecule has 30 heavy (non-hydrogen) atoms. The highest BCUT2D eigenvalue weighted by molar-refractivity contribution is 5.79. The molecule has 1 saturated carbocycles. The average Bonchev–Trinajstić information content (AvgIpc) is 3.35. The van der Waals surface area contributed by atoms with Gasteiger partial charge >= 0.3 is 0 Å². The summed E-state index contributed by atoms with van der Waals surface area (Å²) in [7, 11) is 3.65. The third-order valence-corrected chi connectivity index (χ3v) is 5.42. The molecule has 0 spiro atoms. The van der Waals surface area contributed by atoms with Gasteiger partial charge < -0.3 is 24.7 Å². The van der Waals surface area contributed by atoms with Crippen LogP contribution in [0.15, 0.2) is 23.2 Å². The zero-order valence-electron chi connectivity index (χ0n) is 18.6. The van der Waals surface area contributed by atoms with Crippen molar-refractivity contribution in [2.75, 3.05) is 20.3 Å². The minimum absolute atomic E-state index is 0.325. The van der Waals surface area contributed by atoms with E-state index < -0.39 is 0 Å². The predicted octanol–water partition coefficient (Wildman–Crippen LogP) is 2.64. The van der Waals surface area contributed by atoms with Gasteiger partial charge in [0.25, 0.3) is 0 Å². The van der Waals surface area contributed by atoms with Crippen molar-refractivity contribution in [2.45, 2.75) is 58.7 Å². The van der Waals surface area contributed by atoms with Crippen molar-refractivity contribution < 1.29 is 9.47 Å². The zero-order chi connectivity index (χ0) is 21.3. The highest BCUT2D eigenvalue weighted by Gasteiger charge is 2.18. The molecule has 1 aromatic heterocycles. The Labute approximate surface area is 179 Å². The Bertz CT molecular complexity index is 842. The van der Waals surface area contributed by atoms with Crippen molar-refractivity contribution in [3.63, 3.8) is 0 Å². The number of ether oxygens (including phenoxy) is 2. The van der Waals surface area contributed by atoms with Crippen LogP contribution in [-0.2, 0) is 24.9 Å². The zero-order valence-corrected chi connectivity index (χ0v) is 18.6. The summed E-state index contributed by atoms with van der Waals surface area (Å²) in [6.45, 7) is 6.37. The highest BCUT2D eigenvalue weighted by atomic mass is 16.5. The summed E-state index contributed by atoms with van der Waals surface area (Å²) in [6, 6.07) is 6.35. The molecule has 0 radical (unpaired) electrons. The predicted molar refractivity (Wildman–Crippen MR) is 118 cm³/mol. The van der Waals surface area contributed by atoms with Crippen molar-refractivity contribution in [1.82, 2.24) is 25.4 Å². The number of aliphatic imine (C=N–C) groups is 1. The number of aryl methyl sites for hydroxylation is 2. The van der Waals surface area contributed by atoms with Gasteiger partial charge in [0, 0.05) is 26.3 Å². The molecule has 2 aromatic rings. The molecule has 164 valence electrons. The first-order valence-electron chi connectivity index (χ1n) is 10.7. The molecular formula is C22H34N6O2. The SMILES string of the molecule is COCCNC(=NCc1ccc(C)cc1OC1CCCC1)NCc1nnc(C)n1C. The molecule has 1 aliphatic rings. The van der Waals surface area contributed by atoms with Gasteiger partial charge in [0.15, 0.2) is 11.8 Å². The maximum absolute atomic E-state index is 6.31. The first kappa shape index (κ1) is 22.1. The summed E-state index contributed by atoms with van der Waals surface area (Å²) in [5.74, 6) is 3.39. The van der Waals surface area contributed by atoms with Crippen molar-refractivity contribution in [1.29, 1.82) is 0 Å². The molecule has 1 aromatic carbocycles. The number of hydrogen-bond acceptors (Lipinski definition) is 5. The first-order chi connectivity index (χ1) is 14.6.